The highest BCUT2D eigenvalue weighted by Gasteiger charge is 2.46. The minimum atomic E-state index is -0.482. The van der Waals surface area contributed by atoms with Crippen LogP contribution in [0.15, 0.2) is 277 Å². The van der Waals surface area contributed by atoms with Crippen molar-refractivity contribution in [1.29, 1.82) is 0 Å². The van der Waals surface area contributed by atoms with Crippen LogP contribution in [0.4, 0.5) is 17.1 Å². The Morgan fingerprint density at radius 1 is 0.290 bits per heavy atom. The monoisotopic (exact) mass is 879 g/mol. The number of rotatable bonds is 9. The van der Waals surface area contributed by atoms with E-state index in [0.29, 0.717) is 0 Å². The summed E-state index contributed by atoms with van der Waals surface area (Å²) >= 11 is 0. The zero-order valence-corrected chi connectivity index (χ0v) is 37.8. The van der Waals surface area contributed by atoms with Gasteiger partial charge in [0.1, 0.15) is 11.2 Å². The molecule has 0 saturated heterocycles. The molecule has 69 heavy (non-hydrogen) atoms. The summed E-state index contributed by atoms with van der Waals surface area (Å²) in [6.45, 7) is 0. The van der Waals surface area contributed by atoms with Gasteiger partial charge in [0.15, 0.2) is 0 Å². The van der Waals surface area contributed by atoms with E-state index in [2.05, 4.69) is 266 Å². The van der Waals surface area contributed by atoms with E-state index >= 15 is 0 Å². The predicted molar refractivity (Wildman–Crippen MR) is 287 cm³/mol. The molecule has 0 N–H and O–H groups in total. The molecular weight excluding hydrogens is 835 g/mol. The minimum Gasteiger partial charge on any atom is -0.456 e. The van der Waals surface area contributed by atoms with Gasteiger partial charge < -0.3 is 9.32 Å². The molecule has 1 aliphatic carbocycles. The van der Waals surface area contributed by atoms with Crippen molar-refractivity contribution < 1.29 is 4.42 Å². The molecule has 0 aliphatic heterocycles. The number of nitrogens with zero attached hydrogens (tertiary/aromatic N) is 1. The number of para-hydroxylation sites is 1. The molecule has 0 atom stereocenters. The van der Waals surface area contributed by atoms with Crippen molar-refractivity contribution in [2.75, 3.05) is 4.90 Å². The summed E-state index contributed by atoms with van der Waals surface area (Å²) in [6.07, 6.45) is 0. The molecule has 1 aliphatic rings. The average Bonchev–Trinajstić information content (AvgIpc) is 3.97. The Kier molecular flexibility index (Phi) is 9.77. The Balaban J connectivity index is 0.966. The van der Waals surface area contributed by atoms with Gasteiger partial charge in [0.05, 0.1) is 5.41 Å². The molecule has 1 aromatic heterocycles. The summed E-state index contributed by atoms with van der Waals surface area (Å²) in [4.78, 5) is 2.39. The summed E-state index contributed by atoms with van der Waals surface area (Å²) in [5, 5.41) is 2.26. The first-order valence-corrected chi connectivity index (χ1v) is 23.7. The summed E-state index contributed by atoms with van der Waals surface area (Å²) in [5.41, 5.74) is 21.6. The number of anilines is 3. The molecule has 2 nitrogen and oxygen atoms in total. The Morgan fingerprint density at radius 3 is 1.43 bits per heavy atom. The molecule has 0 bridgehead atoms. The SMILES string of the molecule is c1ccc(-c2ccccc2-c2ccc(N(c3ccc(-c4cccc5oc6ccccc6c45)cc3)c3cccc(-c4cccc5c4-c4ccccc4C5(c4ccccc4)c4ccccc4)c3)cc2)cc1. The van der Waals surface area contributed by atoms with Crippen molar-refractivity contribution in [2.45, 2.75) is 5.41 Å². The summed E-state index contributed by atoms with van der Waals surface area (Å²) in [7, 11) is 0. The molecule has 324 valence electrons. The van der Waals surface area contributed by atoms with Gasteiger partial charge in [0, 0.05) is 27.8 Å². The molecule has 11 aromatic carbocycles. The lowest BCUT2D eigenvalue weighted by molar-refractivity contribution is 0.669. The summed E-state index contributed by atoms with van der Waals surface area (Å²) in [5.74, 6) is 0. The van der Waals surface area contributed by atoms with Crippen molar-refractivity contribution in [1.82, 2.24) is 0 Å². The van der Waals surface area contributed by atoms with Crippen molar-refractivity contribution >= 4 is 39.0 Å². The maximum atomic E-state index is 6.31. The van der Waals surface area contributed by atoms with E-state index in [9.17, 15) is 0 Å². The molecule has 0 fully saturated rings. The van der Waals surface area contributed by atoms with Gasteiger partial charge in [0.25, 0.3) is 0 Å². The molecule has 12 aromatic rings. The molecule has 0 amide bonds. The van der Waals surface area contributed by atoms with E-state index in [0.717, 1.165) is 55.7 Å². The van der Waals surface area contributed by atoms with Crippen molar-refractivity contribution in [3.05, 3.63) is 295 Å². The quantitative estimate of drug-likeness (QED) is 0.144. The summed E-state index contributed by atoms with van der Waals surface area (Å²) < 4.78 is 6.31. The van der Waals surface area contributed by atoms with E-state index in [4.69, 9.17) is 4.42 Å². The number of benzene rings is 11. The van der Waals surface area contributed by atoms with Gasteiger partial charge in [0.2, 0.25) is 0 Å². The standard InChI is InChI=1S/C67H45NO/c1-4-19-46(20-5-1)55-27-10-11-28-56(55)47-37-41-52(42-38-47)68(53-43-39-48(40-44-53)57-32-18-36-64-66(57)60-30-13-15-35-63(60)69-64)54-26-16-21-49(45-54)58-31-17-34-62-65(58)59-29-12-14-33-61(59)67(62,50-22-6-2-7-23-50)51-24-8-3-9-25-51/h1-45H. The van der Waals surface area contributed by atoms with Crippen LogP contribution in [0.3, 0.4) is 0 Å². The highest BCUT2D eigenvalue weighted by molar-refractivity contribution is 6.12. The summed E-state index contributed by atoms with van der Waals surface area (Å²) in [6, 6.07) is 99.2. The minimum absolute atomic E-state index is 0.482. The molecule has 13 rings (SSSR count). The lowest BCUT2D eigenvalue weighted by Gasteiger charge is -2.34. The molecule has 0 saturated carbocycles. The van der Waals surface area contributed by atoms with Crippen molar-refractivity contribution in [3.8, 4) is 55.6 Å². The van der Waals surface area contributed by atoms with Gasteiger partial charge >= 0.3 is 0 Å². The van der Waals surface area contributed by atoms with E-state index in [1.54, 1.807) is 0 Å². The average molecular weight is 880 g/mol. The number of fused-ring (bicyclic) bond motifs is 6. The largest absolute Gasteiger partial charge is 0.456 e. The highest BCUT2D eigenvalue weighted by Crippen LogP contribution is 2.58. The van der Waals surface area contributed by atoms with Crippen molar-refractivity contribution in [3.63, 3.8) is 0 Å². The fraction of sp³-hybridized carbons (Fsp3) is 0.0149. The Morgan fingerprint density at radius 2 is 0.754 bits per heavy atom. The lowest BCUT2D eigenvalue weighted by Crippen LogP contribution is -2.28. The third kappa shape index (κ3) is 6.64. The molecular formula is C67H45NO. The van der Waals surface area contributed by atoms with E-state index in [1.165, 1.54) is 61.2 Å². The molecule has 0 unspecified atom stereocenters. The second kappa shape index (κ2) is 16.7. The number of hydrogen-bond donors (Lipinski definition) is 0. The van der Waals surface area contributed by atoms with Crippen LogP contribution in [0.1, 0.15) is 22.3 Å². The first-order valence-electron chi connectivity index (χ1n) is 23.7. The van der Waals surface area contributed by atoms with Gasteiger partial charge in [-0.1, -0.05) is 224 Å². The van der Waals surface area contributed by atoms with Gasteiger partial charge in [-0.05, 0) is 126 Å². The van der Waals surface area contributed by atoms with Crippen LogP contribution in [-0.2, 0) is 5.41 Å². The van der Waals surface area contributed by atoms with Crippen LogP contribution in [0.2, 0.25) is 0 Å². The first kappa shape index (κ1) is 40.3. The van der Waals surface area contributed by atoms with Gasteiger partial charge in [-0.2, -0.15) is 0 Å². The van der Waals surface area contributed by atoms with Crippen LogP contribution in [-0.4, -0.2) is 0 Å². The molecule has 0 radical (unpaired) electrons. The van der Waals surface area contributed by atoms with Crippen molar-refractivity contribution in [2.24, 2.45) is 0 Å². The fourth-order valence-corrected chi connectivity index (χ4v) is 11.2. The number of hydrogen-bond acceptors (Lipinski definition) is 2. The van der Waals surface area contributed by atoms with Gasteiger partial charge in [-0.15, -0.1) is 0 Å². The predicted octanol–water partition coefficient (Wildman–Crippen LogP) is 18.1. The van der Waals surface area contributed by atoms with Crippen LogP contribution < -0.4 is 4.90 Å². The second-order valence-electron chi connectivity index (χ2n) is 17.9. The zero-order chi connectivity index (χ0) is 45.7. The number of furan rings is 1. The first-order chi connectivity index (χ1) is 34.2. The Hall–Kier alpha value is -8.98. The molecule has 1 heterocycles. The third-order valence-electron chi connectivity index (χ3n) is 14.2. The van der Waals surface area contributed by atoms with E-state index < -0.39 is 5.41 Å². The highest BCUT2D eigenvalue weighted by atomic mass is 16.3. The normalized spacial score (nSPS) is 12.5. The second-order valence-corrected chi connectivity index (χ2v) is 17.9. The Labute approximate surface area is 402 Å². The zero-order valence-electron chi connectivity index (χ0n) is 37.8. The molecule has 0 spiro atoms. The third-order valence-corrected chi connectivity index (χ3v) is 14.2. The van der Waals surface area contributed by atoms with E-state index in [-0.39, 0.29) is 0 Å². The smallest absolute Gasteiger partial charge is 0.136 e. The lowest BCUT2D eigenvalue weighted by atomic mass is 9.67. The molecule has 2 heteroatoms. The van der Waals surface area contributed by atoms with E-state index in [1.807, 2.05) is 12.1 Å². The van der Waals surface area contributed by atoms with Crippen LogP contribution in [0.5, 0.6) is 0 Å². The van der Waals surface area contributed by atoms with Gasteiger partial charge in [-0.3, -0.25) is 0 Å². The topological polar surface area (TPSA) is 16.4 Å². The van der Waals surface area contributed by atoms with Gasteiger partial charge in [-0.25, -0.2) is 0 Å². The maximum absolute atomic E-state index is 6.31. The Bertz CT molecular complexity index is 3780. The fourth-order valence-electron chi connectivity index (χ4n) is 11.2. The van der Waals surface area contributed by atoms with Crippen LogP contribution in [0.25, 0.3) is 77.6 Å². The maximum Gasteiger partial charge on any atom is 0.136 e. The van der Waals surface area contributed by atoms with Crippen LogP contribution in [0, 0.1) is 0 Å². The van der Waals surface area contributed by atoms with Crippen LogP contribution >= 0.6 is 0 Å².